The van der Waals surface area contributed by atoms with Crippen molar-refractivity contribution in [2.75, 3.05) is 10.6 Å². The van der Waals surface area contributed by atoms with E-state index in [-0.39, 0.29) is 17.9 Å². The Bertz CT molecular complexity index is 993. The van der Waals surface area contributed by atoms with Crippen molar-refractivity contribution in [2.45, 2.75) is 19.9 Å². The molecule has 0 saturated carbocycles. The summed E-state index contributed by atoms with van der Waals surface area (Å²) in [7, 11) is 0. The zero-order valence-corrected chi connectivity index (χ0v) is 16.8. The lowest BCUT2D eigenvalue weighted by Crippen LogP contribution is -2.17. The molecule has 2 N–H and O–H groups in total. The van der Waals surface area contributed by atoms with Gasteiger partial charge in [-0.25, -0.2) is 4.68 Å². The van der Waals surface area contributed by atoms with Crippen molar-refractivity contribution >= 4 is 46.5 Å². The zero-order chi connectivity index (χ0) is 20.3. The van der Waals surface area contributed by atoms with Gasteiger partial charge in [0.15, 0.2) is 0 Å². The minimum absolute atomic E-state index is 0.128. The minimum atomic E-state index is -0.345. The Labute approximate surface area is 172 Å². The molecule has 0 spiro atoms. The van der Waals surface area contributed by atoms with E-state index < -0.39 is 0 Å². The number of amides is 2. The van der Waals surface area contributed by atoms with E-state index in [4.69, 9.17) is 23.2 Å². The first-order valence-corrected chi connectivity index (χ1v) is 9.31. The number of rotatable bonds is 5. The number of nitrogens with zero attached hydrogens (tertiary/aromatic N) is 2. The third kappa shape index (κ3) is 4.71. The van der Waals surface area contributed by atoms with Gasteiger partial charge in [-0.3, -0.25) is 9.59 Å². The van der Waals surface area contributed by atoms with Crippen LogP contribution in [0.2, 0.25) is 10.0 Å². The first-order valence-electron chi connectivity index (χ1n) is 8.56. The van der Waals surface area contributed by atoms with Crippen molar-refractivity contribution in [1.82, 2.24) is 9.78 Å². The van der Waals surface area contributed by atoms with Crippen LogP contribution in [0.4, 0.5) is 11.5 Å². The van der Waals surface area contributed by atoms with E-state index in [1.807, 2.05) is 13.8 Å². The van der Waals surface area contributed by atoms with Crippen LogP contribution in [0.15, 0.2) is 54.7 Å². The summed E-state index contributed by atoms with van der Waals surface area (Å²) in [5.74, 6) is 0.0135. The molecule has 0 saturated heterocycles. The maximum absolute atomic E-state index is 12.4. The topological polar surface area (TPSA) is 76.0 Å². The largest absolute Gasteiger partial charge is 0.322 e. The number of carbonyl (C=O) groups excluding carboxylic acids is 2. The average Bonchev–Trinajstić information content (AvgIpc) is 3.10. The van der Waals surface area contributed by atoms with Crippen LogP contribution in [0, 0.1) is 0 Å². The molecule has 2 amide bonds. The molecule has 6 nitrogen and oxygen atoms in total. The first kappa shape index (κ1) is 19.9. The van der Waals surface area contributed by atoms with Crippen LogP contribution in [-0.2, 0) is 0 Å². The van der Waals surface area contributed by atoms with Gasteiger partial charge in [0.05, 0.1) is 6.20 Å². The highest BCUT2D eigenvalue weighted by atomic mass is 35.5. The van der Waals surface area contributed by atoms with E-state index in [9.17, 15) is 9.59 Å². The number of hydrogen-bond donors (Lipinski definition) is 2. The van der Waals surface area contributed by atoms with E-state index in [1.165, 1.54) is 12.1 Å². The first-order chi connectivity index (χ1) is 13.3. The smallest absolute Gasteiger partial charge is 0.256 e. The molecular formula is C20H18Cl2N4O2. The molecule has 3 rings (SSSR count). The Morgan fingerprint density at radius 1 is 0.893 bits per heavy atom. The lowest BCUT2D eigenvalue weighted by molar-refractivity contribution is 0.101. The number of hydrogen-bond acceptors (Lipinski definition) is 3. The van der Waals surface area contributed by atoms with Crippen LogP contribution in [0.5, 0.6) is 0 Å². The van der Waals surface area contributed by atoms with Crippen LogP contribution in [0.3, 0.4) is 0 Å². The molecule has 0 unspecified atom stereocenters. The summed E-state index contributed by atoms with van der Waals surface area (Å²) in [6.45, 7) is 3.96. The Hall–Kier alpha value is -2.83. The van der Waals surface area contributed by atoms with Gasteiger partial charge in [-0.15, -0.1) is 0 Å². The molecule has 0 aliphatic rings. The van der Waals surface area contributed by atoms with Crippen LogP contribution < -0.4 is 10.6 Å². The molecule has 144 valence electrons. The predicted octanol–water partition coefficient (Wildman–Crippen LogP) is 5.28. The van der Waals surface area contributed by atoms with Gasteiger partial charge in [-0.1, -0.05) is 23.2 Å². The molecule has 0 radical (unpaired) electrons. The molecule has 0 aliphatic heterocycles. The molecule has 8 heteroatoms. The highest BCUT2D eigenvalue weighted by Crippen LogP contribution is 2.20. The number of carbonyl (C=O) groups is 2. The molecule has 2 aromatic carbocycles. The summed E-state index contributed by atoms with van der Waals surface area (Å²) in [5.41, 5.74) is 1.35. The molecule has 0 fully saturated rings. The van der Waals surface area contributed by atoms with Crippen molar-refractivity contribution in [3.8, 4) is 0 Å². The Balaban J connectivity index is 1.68. The number of nitrogens with one attached hydrogen (secondary N) is 2. The second-order valence-electron chi connectivity index (χ2n) is 6.40. The summed E-state index contributed by atoms with van der Waals surface area (Å²) in [6.07, 6.45) is 1.64. The van der Waals surface area contributed by atoms with Crippen LogP contribution in [0.25, 0.3) is 0 Å². The van der Waals surface area contributed by atoms with E-state index in [1.54, 1.807) is 47.3 Å². The van der Waals surface area contributed by atoms with Crippen LogP contribution >= 0.6 is 23.2 Å². The van der Waals surface area contributed by atoms with Crippen molar-refractivity contribution in [3.63, 3.8) is 0 Å². The number of anilines is 2. The summed E-state index contributed by atoms with van der Waals surface area (Å²) >= 11 is 11.9. The van der Waals surface area contributed by atoms with Crippen molar-refractivity contribution in [1.29, 1.82) is 0 Å². The van der Waals surface area contributed by atoms with Gasteiger partial charge in [0, 0.05) is 39.0 Å². The molecule has 0 bridgehead atoms. The average molecular weight is 417 g/mol. The maximum atomic E-state index is 12.4. The van der Waals surface area contributed by atoms with Gasteiger partial charge >= 0.3 is 0 Å². The fourth-order valence-electron chi connectivity index (χ4n) is 2.61. The Morgan fingerprint density at radius 2 is 1.50 bits per heavy atom. The van der Waals surface area contributed by atoms with Gasteiger partial charge in [0.25, 0.3) is 11.8 Å². The zero-order valence-electron chi connectivity index (χ0n) is 15.2. The van der Waals surface area contributed by atoms with Gasteiger partial charge in [0.2, 0.25) is 0 Å². The highest BCUT2D eigenvalue weighted by molar-refractivity contribution is 6.35. The number of benzene rings is 2. The van der Waals surface area contributed by atoms with Gasteiger partial charge in [-0.05, 0) is 56.3 Å². The fraction of sp³-hybridized carbons (Fsp3) is 0.150. The van der Waals surface area contributed by atoms with E-state index in [0.29, 0.717) is 32.7 Å². The summed E-state index contributed by atoms with van der Waals surface area (Å²) < 4.78 is 1.72. The van der Waals surface area contributed by atoms with Crippen molar-refractivity contribution in [2.24, 2.45) is 0 Å². The van der Waals surface area contributed by atoms with Crippen LogP contribution in [0.1, 0.15) is 40.6 Å². The van der Waals surface area contributed by atoms with Gasteiger partial charge in [-0.2, -0.15) is 5.10 Å². The minimum Gasteiger partial charge on any atom is -0.322 e. The molecule has 1 aromatic heterocycles. The predicted molar refractivity (Wildman–Crippen MR) is 111 cm³/mol. The molecule has 0 atom stereocenters. The van der Waals surface area contributed by atoms with E-state index in [0.717, 1.165) is 0 Å². The molecule has 3 aromatic rings. The lowest BCUT2D eigenvalue weighted by atomic mass is 10.1. The molecule has 0 aliphatic carbocycles. The normalized spacial score (nSPS) is 10.8. The maximum Gasteiger partial charge on any atom is 0.256 e. The fourth-order valence-corrected chi connectivity index (χ4v) is 3.13. The quantitative estimate of drug-likeness (QED) is 0.594. The molecule has 1 heterocycles. The second kappa shape index (κ2) is 8.46. The standard InChI is InChI=1S/C20H18Cl2N4O2/c1-12(2)26-18(7-8-23-26)25-19(27)13-3-5-17(6-4-13)24-20(28)14-9-15(21)11-16(22)10-14/h3-12H,1-2H3,(H,24,28)(H,25,27). The number of halogens is 2. The van der Waals surface area contributed by atoms with Crippen molar-refractivity contribution in [3.05, 3.63) is 75.9 Å². The van der Waals surface area contributed by atoms with Crippen molar-refractivity contribution < 1.29 is 9.59 Å². The Morgan fingerprint density at radius 3 is 2.11 bits per heavy atom. The third-order valence-electron chi connectivity index (χ3n) is 3.93. The van der Waals surface area contributed by atoms with Gasteiger partial charge in [0.1, 0.15) is 5.82 Å². The van der Waals surface area contributed by atoms with Crippen LogP contribution in [-0.4, -0.2) is 21.6 Å². The molecular weight excluding hydrogens is 399 g/mol. The SMILES string of the molecule is CC(C)n1nccc1NC(=O)c1ccc(NC(=O)c2cc(Cl)cc(Cl)c2)cc1. The number of aromatic nitrogens is 2. The van der Waals surface area contributed by atoms with E-state index in [2.05, 4.69) is 15.7 Å². The summed E-state index contributed by atoms with van der Waals surface area (Å²) in [5, 5.41) is 10.5. The highest BCUT2D eigenvalue weighted by Gasteiger charge is 2.12. The van der Waals surface area contributed by atoms with E-state index >= 15 is 0 Å². The monoisotopic (exact) mass is 416 g/mol. The van der Waals surface area contributed by atoms with Gasteiger partial charge < -0.3 is 10.6 Å². The lowest BCUT2D eigenvalue weighted by Gasteiger charge is -2.12. The second-order valence-corrected chi connectivity index (χ2v) is 7.27. The molecule has 28 heavy (non-hydrogen) atoms. The summed E-state index contributed by atoms with van der Waals surface area (Å²) in [6, 6.07) is 13.0. The summed E-state index contributed by atoms with van der Waals surface area (Å²) in [4.78, 5) is 24.8. The third-order valence-corrected chi connectivity index (χ3v) is 4.37. The Kier molecular flexibility index (Phi) is 6.02.